The number of hydrogen-bond acceptors (Lipinski definition) is 5. The number of fused-ring (bicyclic) bond motifs is 1. The molecule has 0 N–H and O–H groups in total. The Kier molecular flexibility index (Phi) is 6.99. The number of pyridine rings is 4. The highest BCUT2D eigenvalue weighted by molar-refractivity contribution is 5.76. The number of aromatic nitrogens is 4. The molecule has 0 amide bonds. The van der Waals surface area contributed by atoms with E-state index >= 15 is 0 Å². The molecule has 0 aromatic carbocycles. The van der Waals surface area contributed by atoms with Gasteiger partial charge >= 0.3 is 0 Å². The lowest BCUT2D eigenvalue weighted by Gasteiger charge is -2.30. The summed E-state index contributed by atoms with van der Waals surface area (Å²) in [7, 11) is 1.64. The van der Waals surface area contributed by atoms with E-state index in [2.05, 4.69) is 21.9 Å². The second kappa shape index (κ2) is 10.2. The summed E-state index contributed by atoms with van der Waals surface area (Å²) in [6, 6.07) is 10.7. The fourth-order valence-electron chi connectivity index (χ4n) is 5.81. The number of halogens is 2. The van der Waals surface area contributed by atoms with E-state index in [0.29, 0.717) is 23.0 Å². The van der Waals surface area contributed by atoms with E-state index < -0.39 is 5.92 Å². The molecule has 4 aromatic rings. The number of nitrogens with zero attached hydrogens (tertiary/aromatic N) is 4. The average molecular weight is 519 g/mol. The van der Waals surface area contributed by atoms with Gasteiger partial charge in [0.05, 0.1) is 19.3 Å². The minimum Gasteiger partial charge on any atom is -0.481 e. The number of methoxy groups -OCH3 is 1. The summed E-state index contributed by atoms with van der Waals surface area (Å²) in [6.45, 7) is 4.71. The van der Waals surface area contributed by atoms with E-state index in [9.17, 15) is 13.6 Å². The van der Waals surface area contributed by atoms with Gasteiger partial charge in [-0.1, -0.05) is 0 Å². The standard InChI is InChI=1S/C30H32F2N4O2/c1-18-13-15-34-28(38-4)26(18)21-11-9-20(10-12-21)23-16-22-8-7-19(2)35-27(22)36(29(23)37)17-25-24(30(3,31)32)6-5-14-33-25/h5-8,13-16,20-21H,9-12,17H2,1-4H3/t20-,21-. The molecule has 6 nitrogen and oxygen atoms in total. The largest absolute Gasteiger partial charge is 0.481 e. The Morgan fingerprint density at radius 2 is 1.76 bits per heavy atom. The molecule has 1 aliphatic carbocycles. The molecular formula is C30H32F2N4O2. The van der Waals surface area contributed by atoms with Crippen LogP contribution >= 0.6 is 0 Å². The van der Waals surface area contributed by atoms with Crippen LogP contribution in [0.1, 0.15) is 78.1 Å². The number of hydrogen-bond donors (Lipinski definition) is 0. The van der Waals surface area contributed by atoms with Crippen LogP contribution in [0.3, 0.4) is 0 Å². The van der Waals surface area contributed by atoms with Gasteiger partial charge in [-0.25, -0.2) is 18.7 Å². The summed E-state index contributed by atoms with van der Waals surface area (Å²) in [5.41, 5.74) is 4.05. The van der Waals surface area contributed by atoms with Crippen LogP contribution < -0.4 is 10.3 Å². The third-order valence-corrected chi connectivity index (χ3v) is 7.71. The first-order valence-corrected chi connectivity index (χ1v) is 13.0. The number of aryl methyl sites for hydroxylation is 2. The lowest BCUT2D eigenvalue weighted by molar-refractivity contribution is 0.0160. The molecule has 1 aliphatic rings. The van der Waals surface area contributed by atoms with Crippen LogP contribution in [-0.2, 0) is 12.5 Å². The zero-order valence-electron chi connectivity index (χ0n) is 22.2. The van der Waals surface area contributed by atoms with Crippen LogP contribution in [0.15, 0.2) is 53.6 Å². The summed E-state index contributed by atoms with van der Waals surface area (Å²) < 4.78 is 35.8. The monoisotopic (exact) mass is 518 g/mol. The molecule has 0 spiro atoms. The highest BCUT2D eigenvalue weighted by Gasteiger charge is 2.31. The zero-order chi connectivity index (χ0) is 27.0. The summed E-state index contributed by atoms with van der Waals surface area (Å²) >= 11 is 0. The van der Waals surface area contributed by atoms with Crippen LogP contribution in [0.4, 0.5) is 8.78 Å². The van der Waals surface area contributed by atoms with Gasteiger partial charge < -0.3 is 4.74 Å². The smallest absolute Gasteiger partial charge is 0.272 e. The lowest BCUT2D eigenvalue weighted by Crippen LogP contribution is -2.29. The molecule has 1 fully saturated rings. The van der Waals surface area contributed by atoms with Crippen molar-refractivity contribution in [2.75, 3.05) is 7.11 Å². The quantitative estimate of drug-likeness (QED) is 0.295. The van der Waals surface area contributed by atoms with E-state index in [0.717, 1.165) is 54.8 Å². The summed E-state index contributed by atoms with van der Waals surface area (Å²) in [6.07, 6.45) is 6.73. The molecule has 0 unspecified atom stereocenters. The predicted octanol–water partition coefficient (Wildman–Crippen LogP) is 6.41. The predicted molar refractivity (Wildman–Crippen MR) is 143 cm³/mol. The topological polar surface area (TPSA) is 69.9 Å². The Labute approximate surface area is 220 Å². The van der Waals surface area contributed by atoms with Crippen molar-refractivity contribution in [1.29, 1.82) is 0 Å². The van der Waals surface area contributed by atoms with Crippen molar-refractivity contribution < 1.29 is 13.5 Å². The fraction of sp³-hybridized carbons (Fsp3) is 0.400. The number of rotatable bonds is 6. The fourth-order valence-corrected chi connectivity index (χ4v) is 5.81. The molecule has 0 bridgehead atoms. The third kappa shape index (κ3) is 4.91. The molecule has 4 heterocycles. The summed E-state index contributed by atoms with van der Waals surface area (Å²) in [5.74, 6) is -2.03. The molecule has 198 valence electrons. The van der Waals surface area contributed by atoms with Gasteiger partial charge in [-0.3, -0.25) is 14.3 Å². The van der Waals surface area contributed by atoms with Gasteiger partial charge in [-0.2, -0.15) is 0 Å². The van der Waals surface area contributed by atoms with E-state index in [1.54, 1.807) is 13.3 Å². The SMILES string of the molecule is COc1nccc(C)c1[C@H]1CC[C@H](c2cc3ccc(C)nc3n(Cc3ncccc3C(C)(F)F)c2=O)CC1. The average Bonchev–Trinajstić information content (AvgIpc) is 2.90. The molecule has 0 radical (unpaired) electrons. The maximum atomic E-state index is 14.4. The minimum atomic E-state index is -3.08. The Morgan fingerprint density at radius 3 is 2.47 bits per heavy atom. The molecule has 8 heteroatoms. The first-order chi connectivity index (χ1) is 18.2. The van der Waals surface area contributed by atoms with Crippen LogP contribution in [0.5, 0.6) is 5.88 Å². The maximum Gasteiger partial charge on any atom is 0.272 e. The molecular weight excluding hydrogens is 486 g/mol. The highest BCUT2D eigenvalue weighted by Crippen LogP contribution is 2.43. The van der Waals surface area contributed by atoms with Crippen molar-refractivity contribution in [3.63, 3.8) is 0 Å². The van der Waals surface area contributed by atoms with E-state index in [1.807, 2.05) is 31.2 Å². The Hall–Kier alpha value is -3.68. The van der Waals surface area contributed by atoms with Gasteiger partial charge in [-0.05, 0) is 93.3 Å². The minimum absolute atomic E-state index is 0.0643. The molecule has 38 heavy (non-hydrogen) atoms. The summed E-state index contributed by atoms with van der Waals surface area (Å²) in [4.78, 5) is 27.2. The van der Waals surface area contributed by atoms with E-state index in [1.165, 1.54) is 22.9 Å². The van der Waals surface area contributed by atoms with Crippen molar-refractivity contribution in [1.82, 2.24) is 19.5 Å². The second-order valence-electron chi connectivity index (χ2n) is 10.3. The van der Waals surface area contributed by atoms with Gasteiger partial charge in [0, 0.05) is 47.1 Å². The Bertz CT molecular complexity index is 1540. The van der Waals surface area contributed by atoms with Gasteiger partial charge in [0.1, 0.15) is 5.65 Å². The van der Waals surface area contributed by atoms with E-state index in [-0.39, 0.29) is 29.3 Å². The Morgan fingerprint density at radius 1 is 1.03 bits per heavy atom. The van der Waals surface area contributed by atoms with Gasteiger partial charge in [0.15, 0.2) is 0 Å². The first-order valence-electron chi connectivity index (χ1n) is 13.0. The van der Waals surface area contributed by atoms with Crippen molar-refractivity contribution in [3.05, 3.63) is 92.8 Å². The maximum absolute atomic E-state index is 14.4. The molecule has 0 aliphatic heterocycles. The third-order valence-electron chi connectivity index (χ3n) is 7.71. The van der Waals surface area contributed by atoms with Crippen LogP contribution in [0, 0.1) is 13.8 Å². The zero-order valence-corrected chi connectivity index (χ0v) is 22.2. The highest BCUT2D eigenvalue weighted by atomic mass is 19.3. The van der Waals surface area contributed by atoms with Crippen molar-refractivity contribution in [3.8, 4) is 5.88 Å². The summed E-state index contributed by atoms with van der Waals surface area (Å²) in [5, 5.41) is 0.817. The number of ether oxygens (including phenoxy) is 1. The van der Waals surface area contributed by atoms with Crippen molar-refractivity contribution in [2.45, 2.75) is 70.8 Å². The van der Waals surface area contributed by atoms with Crippen LogP contribution in [0.25, 0.3) is 11.0 Å². The van der Waals surface area contributed by atoms with E-state index in [4.69, 9.17) is 4.74 Å². The first kappa shape index (κ1) is 25.9. The van der Waals surface area contributed by atoms with Crippen molar-refractivity contribution in [2.24, 2.45) is 0 Å². The molecule has 4 aromatic heterocycles. The van der Waals surface area contributed by atoms with Crippen LogP contribution in [-0.4, -0.2) is 26.6 Å². The second-order valence-corrected chi connectivity index (χ2v) is 10.3. The van der Waals surface area contributed by atoms with Crippen molar-refractivity contribution >= 4 is 11.0 Å². The van der Waals surface area contributed by atoms with Crippen LogP contribution in [0.2, 0.25) is 0 Å². The Balaban J connectivity index is 1.52. The molecule has 5 rings (SSSR count). The normalized spacial score (nSPS) is 18.1. The van der Waals surface area contributed by atoms with Gasteiger partial charge in [-0.15, -0.1) is 0 Å². The molecule has 0 atom stereocenters. The van der Waals surface area contributed by atoms with Gasteiger partial charge in [0.2, 0.25) is 5.88 Å². The number of alkyl halides is 2. The molecule has 1 saturated carbocycles. The van der Waals surface area contributed by atoms with Gasteiger partial charge in [0.25, 0.3) is 11.5 Å². The lowest BCUT2D eigenvalue weighted by atomic mass is 9.75. The molecule has 0 saturated heterocycles.